The van der Waals surface area contributed by atoms with Crippen molar-refractivity contribution in [2.45, 2.75) is 45.4 Å². The Hall–Kier alpha value is -0.920. The average molecular weight is 310 g/mol. The number of halogens is 2. The molecule has 20 heavy (non-hydrogen) atoms. The topological polar surface area (TPSA) is 4.93 Å². The molecule has 0 amide bonds. The fraction of sp³-hybridized carbons (Fsp3) is 0.412. The van der Waals surface area contributed by atoms with E-state index in [1.54, 1.807) is 0 Å². The third-order valence-corrected chi connectivity index (χ3v) is 4.35. The average Bonchev–Trinajstić information content (AvgIpc) is 2.80. The molecular formula is C17H21Cl2N. The normalized spacial score (nSPS) is 10.9. The van der Waals surface area contributed by atoms with Gasteiger partial charge in [0.15, 0.2) is 0 Å². The summed E-state index contributed by atoms with van der Waals surface area (Å²) >= 11 is 12.1. The summed E-state index contributed by atoms with van der Waals surface area (Å²) in [7, 11) is 0. The maximum absolute atomic E-state index is 6.15. The van der Waals surface area contributed by atoms with Crippen molar-refractivity contribution in [3.05, 3.63) is 52.3 Å². The summed E-state index contributed by atoms with van der Waals surface area (Å²) < 4.78 is 1.90. The Morgan fingerprint density at radius 1 is 0.900 bits per heavy atom. The molecule has 1 aromatic heterocycles. The highest BCUT2D eigenvalue weighted by atomic mass is 35.5. The minimum Gasteiger partial charge on any atom is -0.306 e. The highest BCUT2D eigenvalue weighted by Gasteiger charge is 2.06. The fourth-order valence-electron chi connectivity index (χ4n) is 2.34. The minimum atomic E-state index is 0.569. The molecule has 0 fully saturated rings. The van der Waals surface area contributed by atoms with Gasteiger partial charge in [-0.15, -0.1) is 0 Å². The van der Waals surface area contributed by atoms with E-state index < -0.39 is 0 Å². The number of rotatable bonds is 7. The Bertz CT molecular complexity index is 528. The van der Waals surface area contributed by atoms with E-state index in [1.165, 1.54) is 37.7 Å². The van der Waals surface area contributed by atoms with Crippen molar-refractivity contribution >= 4 is 23.2 Å². The Morgan fingerprint density at radius 3 is 2.20 bits per heavy atom. The zero-order chi connectivity index (χ0) is 14.4. The van der Waals surface area contributed by atoms with Gasteiger partial charge in [0.05, 0.1) is 5.02 Å². The first-order valence-corrected chi connectivity index (χ1v) is 8.09. The minimum absolute atomic E-state index is 0.569. The second kappa shape index (κ2) is 7.75. The van der Waals surface area contributed by atoms with Crippen LogP contribution < -0.4 is 0 Å². The predicted molar refractivity (Wildman–Crippen MR) is 88.3 cm³/mol. The van der Waals surface area contributed by atoms with Crippen molar-refractivity contribution in [3.63, 3.8) is 0 Å². The second-order valence-corrected chi connectivity index (χ2v) is 5.92. The van der Waals surface area contributed by atoms with Crippen LogP contribution in [0, 0.1) is 0 Å². The molecule has 0 saturated carbocycles. The van der Waals surface area contributed by atoms with E-state index in [-0.39, 0.29) is 0 Å². The Balaban J connectivity index is 1.91. The van der Waals surface area contributed by atoms with E-state index >= 15 is 0 Å². The van der Waals surface area contributed by atoms with Gasteiger partial charge < -0.3 is 4.57 Å². The Morgan fingerprint density at radius 2 is 1.60 bits per heavy atom. The molecule has 0 N–H and O–H groups in total. The van der Waals surface area contributed by atoms with Gasteiger partial charge in [0.2, 0.25) is 0 Å². The van der Waals surface area contributed by atoms with Crippen LogP contribution in [0.15, 0.2) is 36.5 Å². The highest BCUT2D eigenvalue weighted by molar-refractivity contribution is 6.41. The van der Waals surface area contributed by atoms with Crippen LogP contribution >= 0.6 is 23.2 Å². The SMILES string of the molecule is CCCCCCCc1ccc(-n2ccc(Cl)c2Cl)cc1. The van der Waals surface area contributed by atoms with Gasteiger partial charge in [0, 0.05) is 11.9 Å². The number of hydrogen-bond donors (Lipinski definition) is 0. The van der Waals surface area contributed by atoms with Crippen LogP contribution in [0.3, 0.4) is 0 Å². The Kier molecular flexibility index (Phi) is 6.00. The van der Waals surface area contributed by atoms with Crippen molar-refractivity contribution < 1.29 is 0 Å². The van der Waals surface area contributed by atoms with Crippen LogP contribution in [0.1, 0.15) is 44.6 Å². The van der Waals surface area contributed by atoms with E-state index in [2.05, 4.69) is 31.2 Å². The summed E-state index contributed by atoms with van der Waals surface area (Å²) in [5.41, 5.74) is 2.44. The van der Waals surface area contributed by atoms with Gasteiger partial charge in [-0.2, -0.15) is 0 Å². The zero-order valence-corrected chi connectivity index (χ0v) is 13.4. The van der Waals surface area contributed by atoms with Gasteiger partial charge in [0.25, 0.3) is 0 Å². The lowest BCUT2D eigenvalue weighted by Crippen LogP contribution is -1.93. The highest BCUT2D eigenvalue weighted by Crippen LogP contribution is 2.26. The molecular weight excluding hydrogens is 289 g/mol. The maximum atomic E-state index is 6.15. The molecule has 0 spiro atoms. The summed E-state index contributed by atoms with van der Waals surface area (Å²) in [6.07, 6.45) is 9.66. The van der Waals surface area contributed by atoms with Gasteiger partial charge in [-0.05, 0) is 36.6 Å². The molecule has 1 aromatic carbocycles. The molecule has 3 heteroatoms. The van der Waals surface area contributed by atoms with Crippen LogP contribution in [0.5, 0.6) is 0 Å². The van der Waals surface area contributed by atoms with Gasteiger partial charge in [0.1, 0.15) is 5.15 Å². The third kappa shape index (κ3) is 4.04. The lowest BCUT2D eigenvalue weighted by Gasteiger charge is -2.07. The number of benzene rings is 1. The predicted octanol–water partition coefficient (Wildman–Crippen LogP) is 6.30. The van der Waals surface area contributed by atoms with Crippen molar-refractivity contribution in [3.8, 4) is 5.69 Å². The van der Waals surface area contributed by atoms with E-state index in [9.17, 15) is 0 Å². The largest absolute Gasteiger partial charge is 0.306 e. The van der Waals surface area contributed by atoms with Crippen LogP contribution in [-0.2, 0) is 6.42 Å². The van der Waals surface area contributed by atoms with Gasteiger partial charge >= 0.3 is 0 Å². The van der Waals surface area contributed by atoms with Crippen molar-refractivity contribution in [2.24, 2.45) is 0 Å². The zero-order valence-electron chi connectivity index (χ0n) is 11.9. The second-order valence-electron chi connectivity index (χ2n) is 5.16. The van der Waals surface area contributed by atoms with Gasteiger partial charge in [-0.3, -0.25) is 0 Å². The third-order valence-electron chi connectivity index (χ3n) is 3.56. The molecule has 1 nitrogen and oxygen atoms in total. The van der Waals surface area contributed by atoms with E-state index in [0.29, 0.717) is 10.2 Å². The quantitative estimate of drug-likeness (QED) is 0.529. The number of aryl methyl sites for hydroxylation is 1. The molecule has 0 radical (unpaired) electrons. The van der Waals surface area contributed by atoms with Crippen LogP contribution in [0.2, 0.25) is 10.2 Å². The van der Waals surface area contributed by atoms with Gasteiger partial charge in [-0.25, -0.2) is 0 Å². The van der Waals surface area contributed by atoms with Gasteiger partial charge in [-0.1, -0.05) is 67.9 Å². The number of unbranched alkanes of at least 4 members (excludes halogenated alkanes) is 4. The van der Waals surface area contributed by atoms with Crippen molar-refractivity contribution in [2.75, 3.05) is 0 Å². The first-order valence-electron chi connectivity index (χ1n) is 7.34. The number of aromatic nitrogens is 1. The van der Waals surface area contributed by atoms with E-state index in [4.69, 9.17) is 23.2 Å². The molecule has 108 valence electrons. The molecule has 0 aliphatic rings. The van der Waals surface area contributed by atoms with Crippen LogP contribution in [0.4, 0.5) is 0 Å². The lowest BCUT2D eigenvalue weighted by atomic mass is 10.1. The summed E-state index contributed by atoms with van der Waals surface area (Å²) in [5, 5.41) is 1.16. The molecule has 2 rings (SSSR count). The first kappa shape index (κ1) is 15.5. The summed E-state index contributed by atoms with van der Waals surface area (Å²) in [4.78, 5) is 0. The number of hydrogen-bond acceptors (Lipinski definition) is 0. The maximum Gasteiger partial charge on any atom is 0.132 e. The molecule has 0 unspecified atom stereocenters. The molecule has 0 atom stereocenters. The molecule has 1 heterocycles. The first-order chi connectivity index (χ1) is 9.72. The molecule has 0 bridgehead atoms. The lowest BCUT2D eigenvalue weighted by molar-refractivity contribution is 0.632. The molecule has 0 saturated heterocycles. The van der Waals surface area contributed by atoms with E-state index in [1.807, 2.05) is 16.8 Å². The Labute approximate surface area is 131 Å². The summed E-state index contributed by atoms with van der Waals surface area (Å²) in [6.45, 7) is 2.25. The summed E-state index contributed by atoms with van der Waals surface area (Å²) in [5.74, 6) is 0. The molecule has 2 aromatic rings. The van der Waals surface area contributed by atoms with Crippen LogP contribution in [-0.4, -0.2) is 4.57 Å². The summed E-state index contributed by atoms with van der Waals surface area (Å²) in [6, 6.07) is 10.4. The van der Waals surface area contributed by atoms with E-state index in [0.717, 1.165) is 12.1 Å². The number of nitrogens with zero attached hydrogens (tertiary/aromatic N) is 1. The molecule has 0 aliphatic carbocycles. The van der Waals surface area contributed by atoms with Crippen molar-refractivity contribution in [1.29, 1.82) is 0 Å². The standard InChI is InChI=1S/C17H21Cl2N/c1-2-3-4-5-6-7-14-8-10-15(11-9-14)20-13-12-16(18)17(20)19/h8-13H,2-7H2,1H3. The van der Waals surface area contributed by atoms with Crippen molar-refractivity contribution in [1.82, 2.24) is 4.57 Å². The monoisotopic (exact) mass is 309 g/mol. The molecule has 0 aliphatic heterocycles. The fourth-order valence-corrected chi connectivity index (χ4v) is 2.71. The van der Waals surface area contributed by atoms with Crippen LogP contribution in [0.25, 0.3) is 5.69 Å². The smallest absolute Gasteiger partial charge is 0.132 e.